The zero-order chi connectivity index (χ0) is 12.1. The predicted molar refractivity (Wildman–Crippen MR) is 70.6 cm³/mol. The summed E-state index contributed by atoms with van der Waals surface area (Å²) in [7, 11) is 0. The van der Waals surface area contributed by atoms with Crippen LogP contribution in [0.4, 0.5) is 0 Å². The molecule has 1 atom stereocenters. The Hall–Kier alpha value is -1.13. The van der Waals surface area contributed by atoms with Crippen LogP contribution in [-0.4, -0.2) is 28.1 Å². The molecule has 4 heteroatoms. The lowest BCUT2D eigenvalue weighted by molar-refractivity contribution is 0.271. The van der Waals surface area contributed by atoms with Gasteiger partial charge in [-0.05, 0) is 30.8 Å². The molecule has 0 saturated carbocycles. The lowest BCUT2D eigenvalue weighted by atomic mass is 10.0. The first kappa shape index (κ1) is 12.9. The van der Waals surface area contributed by atoms with Crippen LogP contribution in [-0.2, 0) is 0 Å². The molecule has 16 heavy (non-hydrogen) atoms. The summed E-state index contributed by atoms with van der Waals surface area (Å²) in [5, 5.41) is 9.47. The van der Waals surface area contributed by atoms with Gasteiger partial charge < -0.3 is 10.8 Å². The monoisotopic (exact) mass is 238 g/mol. The standard InChI is InChI=1S/C12H18N2OS/c1-3-14(4-2)11(12(13)16)9-6-5-7-10(15)8-9/h5-8,11,15H,3-4H2,1-2H3,(H2,13,16). The number of phenolic OH excluding ortho intramolecular Hbond substituents is 1. The lowest BCUT2D eigenvalue weighted by Crippen LogP contribution is -2.36. The normalized spacial score (nSPS) is 12.7. The summed E-state index contributed by atoms with van der Waals surface area (Å²) in [5.41, 5.74) is 6.72. The van der Waals surface area contributed by atoms with Crippen molar-refractivity contribution < 1.29 is 5.11 Å². The third-order valence-corrected chi connectivity index (χ3v) is 2.86. The largest absolute Gasteiger partial charge is 0.508 e. The minimum atomic E-state index is -0.0999. The Morgan fingerprint density at radius 3 is 2.50 bits per heavy atom. The van der Waals surface area contributed by atoms with Gasteiger partial charge in [0.1, 0.15) is 5.75 Å². The van der Waals surface area contributed by atoms with Gasteiger partial charge in [-0.3, -0.25) is 4.90 Å². The van der Waals surface area contributed by atoms with Crippen molar-refractivity contribution in [3.63, 3.8) is 0 Å². The van der Waals surface area contributed by atoms with Gasteiger partial charge in [0.2, 0.25) is 0 Å². The van der Waals surface area contributed by atoms with Crippen molar-refractivity contribution in [1.29, 1.82) is 0 Å². The summed E-state index contributed by atoms with van der Waals surface area (Å²) in [6, 6.07) is 6.99. The number of hydrogen-bond acceptors (Lipinski definition) is 3. The van der Waals surface area contributed by atoms with Gasteiger partial charge in [0.05, 0.1) is 11.0 Å². The summed E-state index contributed by atoms with van der Waals surface area (Å²) >= 11 is 5.11. The van der Waals surface area contributed by atoms with E-state index in [2.05, 4.69) is 18.7 Å². The van der Waals surface area contributed by atoms with Crippen LogP contribution in [0.15, 0.2) is 24.3 Å². The van der Waals surface area contributed by atoms with Gasteiger partial charge in [-0.15, -0.1) is 0 Å². The molecule has 0 spiro atoms. The van der Waals surface area contributed by atoms with E-state index in [1.165, 1.54) is 0 Å². The highest BCUT2D eigenvalue weighted by molar-refractivity contribution is 7.80. The molecule has 1 rings (SSSR count). The van der Waals surface area contributed by atoms with Gasteiger partial charge in [-0.1, -0.05) is 38.2 Å². The van der Waals surface area contributed by atoms with Crippen LogP contribution in [0.2, 0.25) is 0 Å². The Bertz CT molecular complexity index is 364. The molecule has 88 valence electrons. The quantitative estimate of drug-likeness (QED) is 0.771. The molecule has 0 fully saturated rings. The van der Waals surface area contributed by atoms with Crippen molar-refractivity contribution in [2.45, 2.75) is 19.9 Å². The number of likely N-dealkylation sites (N-methyl/N-ethyl adjacent to an activating group) is 1. The first-order chi connectivity index (χ1) is 7.60. The molecule has 0 amide bonds. The van der Waals surface area contributed by atoms with E-state index < -0.39 is 0 Å². The Balaban J connectivity index is 3.06. The van der Waals surface area contributed by atoms with Crippen molar-refractivity contribution >= 4 is 17.2 Å². The molecule has 0 radical (unpaired) electrons. The van der Waals surface area contributed by atoms with Crippen molar-refractivity contribution in [2.24, 2.45) is 5.73 Å². The fourth-order valence-electron chi connectivity index (χ4n) is 1.84. The number of hydrogen-bond donors (Lipinski definition) is 2. The summed E-state index contributed by atoms with van der Waals surface area (Å²) in [4.78, 5) is 2.60. The fourth-order valence-corrected chi connectivity index (χ4v) is 2.12. The van der Waals surface area contributed by atoms with E-state index in [1.54, 1.807) is 18.2 Å². The topological polar surface area (TPSA) is 49.5 Å². The van der Waals surface area contributed by atoms with Gasteiger partial charge >= 0.3 is 0 Å². The maximum Gasteiger partial charge on any atom is 0.115 e. The predicted octanol–water partition coefficient (Wildman–Crippen LogP) is 2.06. The molecular weight excluding hydrogens is 220 g/mol. The van der Waals surface area contributed by atoms with Gasteiger partial charge in [0, 0.05) is 0 Å². The number of benzene rings is 1. The summed E-state index contributed by atoms with van der Waals surface area (Å²) in [6.45, 7) is 5.87. The SMILES string of the molecule is CCN(CC)C(C(N)=S)c1cccc(O)c1. The van der Waals surface area contributed by atoms with Gasteiger partial charge in [-0.2, -0.15) is 0 Å². The smallest absolute Gasteiger partial charge is 0.115 e. The summed E-state index contributed by atoms with van der Waals surface area (Å²) in [5.74, 6) is 0.242. The van der Waals surface area contributed by atoms with Crippen molar-refractivity contribution in [3.05, 3.63) is 29.8 Å². The molecule has 0 aliphatic heterocycles. The van der Waals surface area contributed by atoms with Crippen LogP contribution in [0.5, 0.6) is 5.75 Å². The first-order valence-corrected chi connectivity index (χ1v) is 5.83. The van der Waals surface area contributed by atoms with Gasteiger partial charge in [0.15, 0.2) is 0 Å². The van der Waals surface area contributed by atoms with E-state index in [9.17, 15) is 5.11 Å². The number of thiocarbonyl (C=S) groups is 1. The molecule has 3 nitrogen and oxygen atoms in total. The van der Waals surface area contributed by atoms with Gasteiger partial charge in [-0.25, -0.2) is 0 Å². The molecule has 3 N–H and O–H groups in total. The molecule has 1 aromatic rings. The third-order valence-electron chi connectivity index (χ3n) is 2.63. The van der Waals surface area contributed by atoms with Gasteiger partial charge in [0.25, 0.3) is 0 Å². The first-order valence-electron chi connectivity index (χ1n) is 5.42. The van der Waals surface area contributed by atoms with E-state index in [-0.39, 0.29) is 11.8 Å². The third kappa shape index (κ3) is 2.93. The van der Waals surface area contributed by atoms with Crippen molar-refractivity contribution in [2.75, 3.05) is 13.1 Å². The minimum absolute atomic E-state index is 0.0999. The highest BCUT2D eigenvalue weighted by atomic mass is 32.1. The Labute approximate surface area is 102 Å². The Kier molecular flexibility index (Phi) is 4.71. The van der Waals surface area contributed by atoms with Crippen LogP contribution >= 0.6 is 12.2 Å². The van der Waals surface area contributed by atoms with E-state index in [4.69, 9.17) is 18.0 Å². The number of nitrogens with two attached hydrogens (primary N) is 1. The molecule has 0 aliphatic rings. The number of aromatic hydroxyl groups is 1. The maximum absolute atomic E-state index is 9.47. The zero-order valence-corrected chi connectivity index (χ0v) is 10.5. The lowest BCUT2D eigenvalue weighted by Gasteiger charge is -2.29. The second-order valence-electron chi connectivity index (χ2n) is 3.62. The second kappa shape index (κ2) is 5.82. The highest BCUT2D eigenvalue weighted by Crippen LogP contribution is 2.23. The molecule has 1 aromatic carbocycles. The molecule has 0 aromatic heterocycles. The number of rotatable bonds is 5. The second-order valence-corrected chi connectivity index (χ2v) is 4.09. The minimum Gasteiger partial charge on any atom is -0.508 e. The molecule has 0 bridgehead atoms. The van der Waals surface area contributed by atoms with E-state index >= 15 is 0 Å². The average molecular weight is 238 g/mol. The number of phenols is 1. The van der Waals surface area contributed by atoms with Crippen LogP contribution < -0.4 is 5.73 Å². The molecule has 0 heterocycles. The van der Waals surface area contributed by atoms with Crippen LogP contribution in [0.1, 0.15) is 25.5 Å². The van der Waals surface area contributed by atoms with Crippen LogP contribution in [0.25, 0.3) is 0 Å². The number of nitrogens with zero attached hydrogens (tertiary/aromatic N) is 1. The average Bonchev–Trinajstić information content (AvgIpc) is 2.24. The Morgan fingerprint density at radius 1 is 1.44 bits per heavy atom. The molecule has 1 unspecified atom stereocenters. The summed E-state index contributed by atoms with van der Waals surface area (Å²) < 4.78 is 0. The van der Waals surface area contributed by atoms with E-state index in [1.807, 2.05) is 6.07 Å². The van der Waals surface area contributed by atoms with Crippen molar-refractivity contribution in [1.82, 2.24) is 4.90 Å². The maximum atomic E-state index is 9.47. The van der Waals surface area contributed by atoms with Crippen molar-refractivity contribution in [3.8, 4) is 5.75 Å². The fraction of sp³-hybridized carbons (Fsp3) is 0.417. The zero-order valence-electron chi connectivity index (χ0n) is 9.68. The van der Waals surface area contributed by atoms with Crippen LogP contribution in [0.3, 0.4) is 0 Å². The van der Waals surface area contributed by atoms with Crippen LogP contribution in [0, 0.1) is 0 Å². The van der Waals surface area contributed by atoms with E-state index in [0.717, 1.165) is 18.7 Å². The summed E-state index contributed by atoms with van der Waals surface area (Å²) in [6.07, 6.45) is 0. The molecular formula is C12H18N2OS. The molecule has 0 saturated heterocycles. The Morgan fingerprint density at radius 2 is 2.06 bits per heavy atom. The molecule has 0 aliphatic carbocycles. The van der Waals surface area contributed by atoms with E-state index in [0.29, 0.717) is 4.99 Å². The highest BCUT2D eigenvalue weighted by Gasteiger charge is 2.20.